The zero-order chi connectivity index (χ0) is 18.3. The number of para-hydroxylation sites is 2. The number of imidazole rings is 1. The highest BCUT2D eigenvalue weighted by Gasteiger charge is 2.02. The number of benzene rings is 3. The molecule has 0 aliphatic rings. The van der Waals surface area contributed by atoms with Crippen LogP contribution < -0.4 is 0 Å². The van der Waals surface area contributed by atoms with E-state index in [-0.39, 0.29) is 0 Å². The molecule has 0 saturated heterocycles. The van der Waals surface area contributed by atoms with E-state index in [0.29, 0.717) is 0 Å². The predicted molar refractivity (Wildman–Crippen MR) is 115 cm³/mol. The number of unbranched alkanes of at least 4 members (excludes halogenated alkanes) is 5. The Kier molecular flexibility index (Phi) is 5.83. The number of H-pyrrole nitrogens is 1. The van der Waals surface area contributed by atoms with Gasteiger partial charge in [-0.1, -0.05) is 80.3 Å². The fourth-order valence-corrected chi connectivity index (χ4v) is 3.85. The van der Waals surface area contributed by atoms with E-state index < -0.39 is 0 Å². The maximum Gasteiger partial charge on any atom is 0.107 e. The SMILES string of the molecule is c1ccc2cc(CCCCCCCCc3nc4ccccc4[nH]3)ccc2c1. The van der Waals surface area contributed by atoms with Gasteiger partial charge < -0.3 is 4.98 Å². The molecule has 0 unspecified atom stereocenters. The van der Waals surface area contributed by atoms with Gasteiger partial charge in [0.05, 0.1) is 11.0 Å². The van der Waals surface area contributed by atoms with Crippen LogP contribution in [0, 0.1) is 0 Å². The first-order chi connectivity index (χ1) is 13.4. The maximum atomic E-state index is 4.66. The quantitative estimate of drug-likeness (QED) is 0.327. The van der Waals surface area contributed by atoms with E-state index in [9.17, 15) is 0 Å². The van der Waals surface area contributed by atoms with Crippen LogP contribution in [0.1, 0.15) is 49.9 Å². The van der Waals surface area contributed by atoms with Crippen molar-refractivity contribution in [3.63, 3.8) is 0 Å². The van der Waals surface area contributed by atoms with Crippen LogP contribution in [0.3, 0.4) is 0 Å². The molecule has 0 fully saturated rings. The average Bonchev–Trinajstić information content (AvgIpc) is 3.12. The Morgan fingerprint density at radius 2 is 1.33 bits per heavy atom. The summed E-state index contributed by atoms with van der Waals surface area (Å²) in [6, 6.07) is 23.8. The Bertz CT molecular complexity index is 966. The van der Waals surface area contributed by atoms with Gasteiger partial charge in [0.1, 0.15) is 5.82 Å². The molecule has 0 atom stereocenters. The molecule has 1 heterocycles. The van der Waals surface area contributed by atoms with Crippen LogP contribution in [0.15, 0.2) is 66.7 Å². The Balaban J connectivity index is 1.11. The number of rotatable bonds is 9. The smallest absolute Gasteiger partial charge is 0.107 e. The minimum Gasteiger partial charge on any atom is -0.342 e. The van der Waals surface area contributed by atoms with Crippen LogP contribution in [0.4, 0.5) is 0 Å². The van der Waals surface area contributed by atoms with Gasteiger partial charge in [0.15, 0.2) is 0 Å². The molecule has 2 heteroatoms. The molecule has 0 amide bonds. The van der Waals surface area contributed by atoms with Gasteiger partial charge in [-0.3, -0.25) is 0 Å². The van der Waals surface area contributed by atoms with Crippen molar-refractivity contribution in [2.45, 2.75) is 51.4 Å². The summed E-state index contributed by atoms with van der Waals surface area (Å²) in [6.45, 7) is 0. The zero-order valence-corrected chi connectivity index (χ0v) is 16.0. The van der Waals surface area contributed by atoms with Gasteiger partial charge >= 0.3 is 0 Å². The summed E-state index contributed by atoms with van der Waals surface area (Å²) in [5.74, 6) is 1.13. The second-order valence-electron chi connectivity index (χ2n) is 7.50. The van der Waals surface area contributed by atoms with Crippen molar-refractivity contribution in [2.24, 2.45) is 0 Å². The highest BCUT2D eigenvalue weighted by molar-refractivity contribution is 5.83. The first-order valence-electron chi connectivity index (χ1n) is 10.3. The molecule has 0 aliphatic carbocycles. The lowest BCUT2D eigenvalue weighted by molar-refractivity contribution is 0.590. The Labute approximate surface area is 161 Å². The number of aromatic amines is 1. The summed E-state index contributed by atoms with van der Waals surface area (Å²) in [5.41, 5.74) is 3.71. The van der Waals surface area contributed by atoms with Crippen LogP contribution >= 0.6 is 0 Å². The Hall–Kier alpha value is -2.61. The molecule has 3 aromatic carbocycles. The summed E-state index contributed by atoms with van der Waals surface area (Å²) in [5, 5.41) is 2.70. The largest absolute Gasteiger partial charge is 0.342 e. The Morgan fingerprint density at radius 1 is 0.630 bits per heavy atom. The molecule has 4 aromatic rings. The zero-order valence-electron chi connectivity index (χ0n) is 16.0. The van der Waals surface area contributed by atoms with Crippen LogP contribution in [0.2, 0.25) is 0 Å². The van der Waals surface area contributed by atoms with Crippen LogP contribution in [-0.2, 0) is 12.8 Å². The number of nitrogens with one attached hydrogen (secondary N) is 1. The number of hydrogen-bond acceptors (Lipinski definition) is 1. The first kappa shape index (κ1) is 17.8. The lowest BCUT2D eigenvalue weighted by atomic mass is 10.0. The van der Waals surface area contributed by atoms with Gasteiger partial charge in [0, 0.05) is 6.42 Å². The highest BCUT2D eigenvalue weighted by Crippen LogP contribution is 2.18. The van der Waals surface area contributed by atoms with Gasteiger partial charge in [-0.25, -0.2) is 4.98 Å². The van der Waals surface area contributed by atoms with Gasteiger partial charge in [-0.2, -0.15) is 0 Å². The van der Waals surface area contributed by atoms with E-state index in [4.69, 9.17) is 0 Å². The minimum atomic E-state index is 1.06. The third-order valence-corrected chi connectivity index (χ3v) is 5.38. The van der Waals surface area contributed by atoms with E-state index in [1.165, 1.54) is 61.3 Å². The summed E-state index contributed by atoms with van der Waals surface area (Å²) in [7, 11) is 0. The van der Waals surface area contributed by atoms with Crippen molar-refractivity contribution >= 4 is 21.8 Å². The number of nitrogens with zero attached hydrogens (tertiary/aromatic N) is 1. The number of hydrogen-bond donors (Lipinski definition) is 1. The van der Waals surface area contributed by atoms with E-state index in [2.05, 4.69) is 70.6 Å². The fraction of sp³-hybridized carbons (Fsp3) is 0.320. The Morgan fingerprint density at radius 3 is 2.19 bits per heavy atom. The van der Waals surface area contributed by atoms with Gasteiger partial charge in [0.25, 0.3) is 0 Å². The molecule has 1 aromatic heterocycles. The van der Waals surface area contributed by atoms with Crippen molar-refractivity contribution in [1.29, 1.82) is 0 Å². The summed E-state index contributed by atoms with van der Waals surface area (Å²) in [4.78, 5) is 8.09. The lowest BCUT2D eigenvalue weighted by Crippen LogP contribution is -1.89. The maximum absolute atomic E-state index is 4.66. The van der Waals surface area contributed by atoms with Crippen molar-refractivity contribution in [1.82, 2.24) is 9.97 Å². The standard InChI is InChI=1S/C25H28N2/c1(2-4-6-16-25-26-23-14-9-10-15-24(23)27-25)3-5-11-20-17-18-21-12-7-8-13-22(21)19-20/h7-10,12-15,17-19H,1-6,11,16H2,(H,26,27). The number of aromatic nitrogens is 2. The van der Waals surface area contributed by atoms with Crippen LogP contribution in [0.25, 0.3) is 21.8 Å². The predicted octanol–water partition coefficient (Wildman–Crippen LogP) is 6.84. The molecule has 2 nitrogen and oxygen atoms in total. The molecule has 138 valence electrons. The number of fused-ring (bicyclic) bond motifs is 2. The van der Waals surface area contributed by atoms with Crippen LogP contribution in [0.5, 0.6) is 0 Å². The lowest BCUT2D eigenvalue weighted by Gasteiger charge is -2.04. The minimum absolute atomic E-state index is 1.06. The molecular weight excluding hydrogens is 328 g/mol. The van der Waals surface area contributed by atoms with Crippen molar-refractivity contribution in [2.75, 3.05) is 0 Å². The van der Waals surface area contributed by atoms with Crippen molar-refractivity contribution < 1.29 is 0 Å². The normalized spacial score (nSPS) is 11.4. The summed E-state index contributed by atoms with van der Waals surface area (Å²) in [6.07, 6.45) is 10.1. The number of aryl methyl sites for hydroxylation is 2. The second-order valence-corrected chi connectivity index (χ2v) is 7.50. The molecule has 0 radical (unpaired) electrons. The topological polar surface area (TPSA) is 28.7 Å². The second kappa shape index (κ2) is 8.85. The van der Waals surface area contributed by atoms with Crippen LogP contribution in [-0.4, -0.2) is 9.97 Å². The monoisotopic (exact) mass is 356 g/mol. The third-order valence-electron chi connectivity index (χ3n) is 5.38. The molecule has 1 N–H and O–H groups in total. The van der Waals surface area contributed by atoms with E-state index in [0.717, 1.165) is 23.3 Å². The molecule has 0 bridgehead atoms. The highest BCUT2D eigenvalue weighted by atomic mass is 14.9. The van der Waals surface area contributed by atoms with E-state index in [1.54, 1.807) is 0 Å². The third kappa shape index (κ3) is 4.77. The van der Waals surface area contributed by atoms with Gasteiger partial charge in [0.2, 0.25) is 0 Å². The summed E-state index contributed by atoms with van der Waals surface area (Å²) >= 11 is 0. The summed E-state index contributed by atoms with van der Waals surface area (Å²) < 4.78 is 0. The molecular formula is C25H28N2. The molecule has 0 spiro atoms. The first-order valence-corrected chi connectivity index (χ1v) is 10.3. The van der Waals surface area contributed by atoms with Gasteiger partial charge in [-0.15, -0.1) is 0 Å². The van der Waals surface area contributed by atoms with Crippen molar-refractivity contribution in [3.8, 4) is 0 Å². The molecule has 4 rings (SSSR count). The molecule has 0 saturated carbocycles. The fourth-order valence-electron chi connectivity index (χ4n) is 3.85. The van der Waals surface area contributed by atoms with Crippen molar-refractivity contribution in [3.05, 3.63) is 78.1 Å². The van der Waals surface area contributed by atoms with Gasteiger partial charge in [-0.05, 0) is 47.7 Å². The van der Waals surface area contributed by atoms with E-state index in [1.807, 2.05) is 6.07 Å². The van der Waals surface area contributed by atoms with E-state index >= 15 is 0 Å². The molecule has 27 heavy (non-hydrogen) atoms. The molecule has 0 aliphatic heterocycles. The average molecular weight is 357 g/mol.